The zero-order valence-corrected chi connectivity index (χ0v) is 22.1. The second kappa shape index (κ2) is 9.40. The lowest BCUT2D eigenvalue weighted by molar-refractivity contribution is -0.154. The van der Waals surface area contributed by atoms with Crippen LogP contribution < -0.4 is 5.32 Å². The van der Waals surface area contributed by atoms with E-state index in [0.717, 1.165) is 12.8 Å². The number of hydrogen-bond donors (Lipinski definition) is 2. The molecule has 3 heterocycles. The van der Waals surface area contributed by atoms with Gasteiger partial charge in [-0.1, -0.05) is 27.7 Å². The largest absolute Gasteiger partial charge is 0.466 e. The van der Waals surface area contributed by atoms with Crippen LogP contribution in [0.4, 0.5) is 0 Å². The summed E-state index contributed by atoms with van der Waals surface area (Å²) in [5.41, 5.74) is -0.401. The standard InChI is InChI=1S/C25H42N2O5S/c1-8-32-22(31)17-16-13-15(2)25(33-16)18(17)21(30)27(11-9-10-12-28)19(25)20(29)26-24(6,7)14-23(3,4)5/h15-19,28H,8-14H2,1-7H3,(H,26,29)/t15?,16-,17+,18+,19?,25?/m1/s1. The maximum Gasteiger partial charge on any atom is 0.310 e. The molecule has 2 bridgehead atoms. The molecule has 0 saturated carbocycles. The van der Waals surface area contributed by atoms with E-state index in [2.05, 4.69) is 33.0 Å². The summed E-state index contributed by atoms with van der Waals surface area (Å²) in [5.74, 6) is -1.46. The third-order valence-corrected chi connectivity index (χ3v) is 9.37. The van der Waals surface area contributed by atoms with Crippen molar-refractivity contribution in [3.8, 4) is 0 Å². The summed E-state index contributed by atoms with van der Waals surface area (Å²) >= 11 is 1.67. The highest BCUT2D eigenvalue weighted by Gasteiger charge is 2.76. The van der Waals surface area contributed by atoms with Crippen LogP contribution in [0.2, 0.25) is 0 Å². The van der Waals surface area contributed by atoms with E-state index in [0.29, 0.717) is 19.4 Å². The van der Waals surface area contributed by atoms with Crippen molar-refractivity contribution in [2.24, 2.45) is 23.2 Å². The van der Waals surface area contributed by atoms with E-state index in [1.54, 1.807) is 23.6 Å². The number of aliphatic hydroxyl groups excluding tert-OH is 1. The number of hydrogen-bond acceptors (Lipinski definition) is 6. The maximum atomic E-state index is 13.9. The Kier molecular flexibility index (Phi) is 7.50. The van der Waals surface area contributed by atoms with Crippen molar-refractivity contribution >= 4 is 29.5 Å². The maximum absolute atomic E-state index is 13.9. The van der Waals surface area contributed by atoms with Gasteiger partial charge in [0.2, 0.25) is 11.8 Å². The van der Waals surface area contributed by atoms with Gasteiger partial charge in [0.05, 0.1) is 23.2 Å². The van der Waals surface area contributed by atoms with Crippen molar-refractivity contribution in [2.45, 2.75) is 95.7 Å². The number of nitrogens with one attached hydrogen (secondary N) is 1. The summed E-state index contributed by atoms with van der Waals surface area (Å²) < 4.78 is 4.75. The normalized spacial score (nSPS) is 33.4. The first-order valence-electron chi connectivity index (χ1n) is 12.4. The fourth-order valence-corrected chi connectivity index (χ4v) is 9.14. The van der Waals surface area contributed by atoms with E-state index >= 15 is 0 Å². The molecular formula is C25H42N2O5S. The van der Waals surface area contributed by atoms with Gasteiger partial charge in [-0.05, 0) is 57.8 Å². The Bertz CT molecular complexity index is 779. The molecule has 3 fully saturated rings. The first kappa shape index (κ1) is 26.3. The van der Waals surface area contributed by atoms with Gasteiger partial charge in [0.25, 0.3) is 0 Å². The zero-order chi connectivity index (χ0) is 24.8. The summed E-state index contributed by atoms with van der Waals surface area (Å²) in [4.78, 5) is 42.4. The molecule has 33 heavy (non-hydrogen) atoms. The summed E-state index contributed by atoms with van der Waals surface area (Å²) in [6.07, 6.45) is 2.78. The quantitative estimate of drug-likeness (QED) is 0.387. The number of esters is 1. The molecule has 7 nitrogen and oxygen atoms in total. The molecule has 1 spiro atoms. The first-order chi connectivity index (χ1) is 15.3. The predicted octanol–water partition coefficient (Wildman–Crippen LogP) is 2.99. The number of carbonyl (C=O) groups is 3. The van der Waals surface area contributed by atoms with Crippen LogP contribution in [0.25, 0.3) is 0 Å². The number of carbonyl (C=O) groups excluding carboxylic acids is 3. The monoisotopic (exact) mass is 482 g/mol. The number of amides is 2. The highest BCUT2D eigenvalue weighted by molar-refractivity contribution is 8.02. The molecule has 3 rings (SSSR count). The lowest BCUT2D eigenvalue weighted by atomic mass is 9.66. The van der Waals surface area contributed by atoms with Gasteiger partial charge in [-0.3, -0.25) is 14.4 Å². The Morgan fingerprint density at radius 2 is 1.91 bits per heavy atom. The van der Waals surface area contributed by atoms with Crippen molar-refractivity contribution < 1.29 is 24.2 Å². The van der Waals surface area contributed by atoms with E-state index in [-0.39, 0.29) is 47.6 Å². The lowest BCUT2D eigenvalue weighted by Crippen LogP contribution is -2.60. The Hall–Kier alpha value is -1.28. The second-order valence-corrected chi connectivity index (χ2v) is 13.4. The SMILES string of the molecule is CCOC(=O)[C@@H]1[C@H]2C(=O)N(CCCCO)C(C(=O)NC(C)(C)CC(C)(C)C)C23S[C@@H]1CC3C. The summed E-state index contributed by atoms with van der Waals surface area (Å²) in [7, 11) is 0. The van der Waals surface area contributed by atoms with Crippen molar-refractivity contribution in [3.05, 3.63) is 0 Å². The molecule has 2 N–H and O–H groups in total. The van der Waals surface area contributed by atoms with Crippen molar-refractivity contribution in [3.63, 3.8) is 0 Å². The van der Waals surface area contributed by atoms with Crippen LogP contribution in [0.1, 0.15) is 74.1 Å². The predicted molar refractivity (Wildman–Crippen MR) is 130 cm³/mol. The zero-order valence-electron chi connectivity index (χ0n) is 21.3. The third kappa shape index (κ3) is 4.79. The van der Waals surface area contributed by atoms with E-state index < -0.39 is 28.2 Å². The molecule has 3 saturated heterocycles. The number of nitrogens with zero attached hydrogens (tertiary/aromatic N) is 1. The molecule has 0 radical (unpaired) electrons. The van der Waals surface area contributed by atoms with Gasteiger partial charge in [-0.2, -0.15) is 0 Å². The molecular weight excluding hydrogens is 440 g/mol. The minimum Gasteiger partial charge on any atom is -0.466 e. The lowest BCUT2D eigenvalue weighted by Gasteiger charge is -2.41. The van der Waals surface area contributed by atoms with E-state index in [4.69, 9.17) is 4.74 Å². The van der Waals surface area contributed by atoms with Gasteiger partial charge in [-0.15, -0.1) is 11.8 Å². The van der Waals surface area contributed by atoms with Crippen LogP contribution in [0.15, 0.2) is 0 Å². The molecule has 0 aliphatic carbocycles. The van der Waals surface area contributed by atoms with Gasteiger partial charge in [-0.25, -0.2) is 0 Å². The van der Waals surface area contributed by atoms with Crippen LogP contribution >= 0.6 is 11.8 Å². The average molecular weight is 483 g/mol. The number of ether oxygens (including phenoxy) is 1. The van der Waals surface area contributed by atoms with Gasteiger partial charge >= 0.3 is 5.97 Å². The molecule has 3 aliphatic heterocycles. The topological polar surface area (TPSA) is 95.9 Å². The second-order valence-electron chi connectivity index (χ2n) is 11.9. The van der Waals surface area contributed by atoms with Crippen LogP contribution in [-0.2, 0) is 19.1 Å². The third-order valence-electron chi connectivity index (χ3n) is 7.29. The minimum atomic E-state index is -0.627. The highest BCUT2D eigenvalue weighted by Crippen LogP contribution is 2.68. The number of aliphatic hydroxyl groups is 1. The molecule has 0 aromatic carbocycles. The average Bonchev–Trinajstić information content (AvgIpc) is 3.24. The molecule has 3 aliphatic rings. The molecule has 6 atom stereocenters. The van der Waals surface area contributed by atoms with Gasteiger partial charge in [0.1, 0.15) is 6.04 Å². The fourth-order valence-electron chi connectivity index (χ4n) is 6.73. The molecule has 2 amide bonds. The van der Waals surface area contributed by atoms with Gasteiger partial charge < -0.3 is 20.1 Å². The molecule has 8 heteroatoms. The Morgan fingerprint density at radius 3 is 2.48 bits per heavy atom. The Labute approximate surface area is 202 Å². The summed E-state index contributed by atoms with van der Waals surface area (Å²) in [6.45, 7) is 15.1. The van der Waals surface area contributed by atoms with Crippen LogP contribution in [0.3, 0.4) is 0 Å². The molecule has 188 valence electrons. The van der Waals surface area contributed by atoms with E-state index in [1.165, 1.54) is 0 Å². The van der Waals surface area contributed by atoms with Crippen molar-refractivity contribution in [1.82, 2.24) is 10.2 Å². The number of fused-ring (bicyclic) bond motifs is 1. The van der Waals surface area contributed by atoms with Crippen LogP contribution in [0.5, 0.6) is 0 Å². The Morgan fingerprint density at radius 1 is 1.24 bits per heavy atom. The summed E-state index contributed by atoms with van der Waals surface area (Å²) in [5, 5.41) is 12.5. The molecule has 0 aromatic heterocycles. The fraction of sp³-hybridized carbons (Fsp3) is 0.880. The number of unbranched alkanes of at least 4 members (excludes halogenated alkanes) is 1. The van der Waals surface area contributed by atoms with Crippen LogP contribution in [-0.4, -0.2) is 69.1 Å². The number of likely N-dealkylation sites (tertiary alicyclic amines) is 1. The van der Waals surface area contributed by atoms with Crippen molar-refractivity contribution in [2.75, 3.05) is 19.8 Å². The minimum absolute atomic E-state index is 0.00507. The van der Waals surface area contributed by atoms with Gasteiger partial charge in [0, 0.05) is 23.9 Å². The number of thioether (sulfide) groups is 1. The number of rotatable bonds is 9. The summed E-state index contributed by atoms with van der Waals surface area (Å²) in [6, 6.07) is -0.627. The van der Waals surface area contributed by atoms with Crippen molar-refractivity contribution in [1.29, 1.82) is 0 Å². The van der Waals surface area contributed by atoms with E-state index in [1.807, 2.05) is 13.8 Å². The van der Waals surface area contributed by atoms with Crippen LogP contribution in [0, 0.1) is 23.2 Å². The Balaban J connectivity index is 1.97. The highest BCUT2D eigenvalue weighted by atomic mass is 32.2. The van der Waals surface area contributed by atoms with E-state index in [9.17, 15) is 19.5 Å². The molecule has 3 unspecified atom stereocenters. The first-order valence-corrected chi connectivity index (χ1v) is 13.2. The van der Waals surface area contributed by atoms with Gasteiger partial charge in [0.15, 0.2) is 0 Å². The molecule has 0 aromatic rings. The smallest absolute Gasteiger partial charge is 0.310 e.